The zero-order valence-corrected chi connectivity index (χ0v) is 9.85. The number of hydrogen-bond acceptors (Lipinski definition) is 4. The van der Waals surface area contributed by atoms with Gasteiger partial charge in [-0.15, -0.1) is 11.3 Å². The summed E-state index contributed by atoms with van der Waals surface area (Å²) in [6, 6.07) is 0. The average molecular weight is 243 g/mol. The monoisotopic (exact) mass is 242 g/mol. The highest BCUT2D eigenvalue weighted by molar-refractivity contribution is 7.09. The first-order valence-corrected chi connectivity index (χ1v) is 5.77. The highest BCUT2D eigenvalue weighted by Crippen LogP contribution is 2.14. The van der Waals surface area contributed by atoms with E-state index in [1.807, 2.05) is 12.3 Å². The maximum Gasteiger partial charge on any atom is 0.107 e. The summed E-state index contributed by atoms with van der Waals surface area (Å²) in [4.78, 5) is 4.35. The van der Waals surface area contributed by atoms with Crippen molar-refractivity contribution in [3.8, 4) is 0 Å². The molecule has 0 bridgehead atoms. The van der Waals surface area contributed by atoms with Crippen molar-refractivity contribution in [3.05, 3.63) is 33.0 Å². The minimum absolute atomic E-state index is 0.490. The molecule has 4 nitrogen and oxygen atoms in total. The summed E-state index contributed by atoms with van der Waals surface area (Å²) in [5.41, 5.74) is 7.30. The van der Waals surface area contributed by atoms with Gasteiger partial charge in [-0.05, 0) is 6.92 Å². The molecule has 2 aromatic rings. The molecule has 2 N–H and O–H groups in total. The summed E-state index contributed by atoms with van der Waals surface area (Å²) in [5.74, 6) is 0. The second kappa shape index (κ2) is 4.30. The summed E-state index contributed by atoms with van der Waals surface area (Å²) in [6.07, 6.45) is 1.80. The Morgan fingerprint density at radius 3 is 2.93 bits per heavy atom. The second-order valence-corrected chi connectivity index (χ2v) is 4.55. The quantitative estimate of drug-likeness (QED) is 0.893. The van der Waals surface area contributed by atoms with Crippen LogP contribution in [0.3, 0.4) is 0 Å². The Labute approximate surface area is 96.7 Å². The van der Waals surface area contributed by atoms with E-state index in [4.69, 9.17) is 17.3 Å². The predicted molar refractivity (Wildman–Crippen MR) is 61.1 cm³/mol. The third kappa shape index (κ3) is 2.37. The third-order valence-corrected chi connectivity index (χ3v) is 3.28. The normalized spacial score (nSPS) is 10.9. The van der Waals surface area contributed by atoms with Gasteiger partial charge in [-0.25, -0.2) is 4.98 Å². The van der Waals surface area contributed by atoms with Gasteiger partial charge >= 0.3 is 0 Å². The van der Waals surface area contributed by atoms with Crippen molar-refractivity contribution >= 4 is 22.9 Å². The van der Waals surface area contributed by atoms with E-state index in [1.54, 1.807) is 22.2 Å². The lowest BCUT2D eigenvalue weighted by atomic mass is 10.5. The lowest BCUT2D eigenvalue weighted by Gasteiger charge is -1.96. The van der Waals surface area contributed by atoms with Gasteiger partial charge in [-0.1, -0.05) is 11.6 Å². The van der Waals surface area contributed by atoms with Gasteiger partial charge in [0, 0.05) is 18.1 Å². The van der Waals surface area contributed by atoms with E-state index in [9.17, 15) is 0 Å². The van der Waals surface area contributed by atoms with Crippen molar-refractivity contribution in [1.82, 2.24) is 14.8 Å². The number of nitrogens with two attached hydrogens (primary N) is 1. The Balaban J connectivity index is 2.14. The van der Waals surface area contributed by atoms with Crippen LogP contribution in [0.25, 0.3) is 0 Å². The Hall–Kier alpha value is -0.910. The largest absolute Gasteiger partial charge is 0.325 e. The smallest absolute Gasteiger partial charge is 0.107 e. The topological polar surface area (TPSA) is 56.7 Å². The standard InChI is InChI=1S/C9H11ClN4S/c1-6-8(10)4-14(13-6)3-7-5-15-9(2-11)12-7/h4-5H,2-3,11H2,1H3. The van der Waals surface area contributed by atoms with Crippen LogP contribution in [-0.2, 0) is 13.1 Å². The molecular weight excluding hydrogens is 232 g/mol. The van der Waals surface area contributed by atoms with Crippen LogP contribution in [0.1, 0.15) is 16.4 Å². The highest BCUT2D eigenvalue weighted by atomic mass is 35.5. The number of thiazole rings is 1. The zero-order valence-electron chi connectivity index (χ0n) is 8.27. The maximum atomic E-state index is 5.91. The van der Waals surface area contributed by atoms with E-state index in [2.05, 4.69) is 10.1 Å². The van der Waals surface area contributed by atoms with Gasteiger partial charge in [0.15, 0.2) is 0 Å². The SMILES string of the molecule is Cc1nn(Cc2csc(CN)n2)cc1Cl. The molecule has 2 rings (SSSR count). The molecule has 0 atom stereocenters. The molecule has 0 aromatic carbocycles. The third-order valence-electron chi connectivity index (χ3n) is 1.98. The molecule has 6 heteroatoms. The van der Waals surface area contributed by atoms with Crippen molar-refractivity contribution in [1.29, 1.82) is 0 Å². The first-order valence-electron chi connectivity index (χ1n) is 4.52. The van der Waals surface area contributed by atoms with E-state index in [1.165, 1.54) is 0 Å². The van der Waals surface area contributed by atoms with Crippen molar-refractivity contribution in [2.75, 3.05) is 0 Å². The molecule has 0 unspecified atom stereocenters. The Bertz CT molecular complexity index is 443. The van der Waals surface area contributed by atoms with E-state index < -0.39 is 0 Å². The van der Waals surface area contributed by atoms with Gasteiger partial charge in [-0.3, -0.25) is 4.68 Å². The van der Waals surface area contributed by atoms with E-state index in [0.717, 1.165) is 16.4 Å². The van der Waals surface area contributed by atoms with Gasteiger partial charge in [-0.2, -0.15) is 5.10 Å². The Morgan fingerprint density at radius 1 is 1.60 bits per heavy atom. The summed E-state index contributed by atoms with van der Waals surface area (Å²) in [6.45, 7) is 3.01. The fourth-order valence-corrected chi connectivity index (χ4v) is 2.07. The molecule has 0 aliphatic carbocycles. The lowest BCUT2D eigenvalue weighted by Crippen LogP contribution is -2.02. The predicted octanol–water partition coefficient (Wildman–Crippen LogP) is 1.81. The lowest BCUT2D eigenvalue weighted by molar-refractivity contribution is 0.667. The molecule has 80 valence electrons. The van der Waals surface area contributed by atoms with Crippen molar-refractivity contribution < 1.29 is 0 Å². The second-order valence-electron chi connectivity index (χ2n) is 3.20. The van der Waals surface area contributed by atoms with Crippen molar-refractivity contribution in [2.45, 2.75) is 20.0 Å². The Kier molecular flexibility index (Phi) is 3.04. The zero-order chi connectivity index (χ0) is 10.8. The molecule has 0 spiro atoms. The van der Waals surface area contributed by atoms with Crippen LogP contribution in [0.15, 0.2) is 11.6 Å². The molecule has 0 aliphatic rings. The fourth-order valence-electron chi connectivity index (χ4n) is 1.26. The van der Waals surface area contributed by atoms with Gasteiger partial charge in [0.1, 0.15) is 5.01 Å². The number of nitrogens with zero attached hydrogens (tertiary/aromatic N) is 3. The first kappa shape index (κ1) is 10.6. The number of hydrogen-bond donors (Lipinski definition) is 1. The van der Waals surface area contributed by atoms with Crippen LogP contribution < -0.4 is 5.73 Å². The molecule has 2 heterocycles. The highest BCUT2D eigenvalue weighted by Gasteiger charge is 2.05. The van der Waals surface area contributed by atoms with E-state index in [-0.39, 0.29) is 0 Å². The molecule has 0 aliphatic heterocycles. The molecule has 0 fully saturated rings. The minimum Gasteiger partial charge on any atom is -0.325 e. The van der Waals surface area contributed by atoms with Gasteiger partial charge < -0.3 is 5.73 Å². The molecule has 0 saturated carbocycles. The number of rotatable bonds is 3. The van der Waals surface area contributed by atoms with Gasteiger partial charge in [0.05, 0.1) is 23.0 Å². The average Bonchev–Trinajstić information content (AvgIpc) is 2.76. The van der Waals surface area contributed by atoms with Crippen LogP contribution >= 0.6 is 22.9 Å². The summed E-state index contributed by atoms with van der Waals surface area (Å²) < 4.78 is 1.78. The van der Waals surface area contributed by atoms with Crippen molar-refractivity contribution in [3.63, 3.8) is 0 Å². The minimum atomic E-state index is 0.490. The van der Waals surface area contributed by atoms with Gasteiger partial charge in [0.25, 0.3) is 0 Å². The number of aromatic nitrogens is 3. The first-order chi connectivity index (χ1) is 7.19. The van der Waals surface area contributed by atoms with Gasteiger partial charge in [0.2, 0.25) is 0 Å². The van der Waals surface area contributed by atoms with E-state index >= 15 is 0 Å². The summed E-state index contributed by atoms with van der Waals surface area (Å²) >= 11 is 7.48. The van der Waals surface area contributed by atoms with Crippen LogP contribution in [0, 0.1) is 6.92 Å². The summed E-state index contributed by atoms with van der Waals surface area (Å²) in [7, 11) is 0. The molecule has 0 saturated heterocycles. The molecule has 0 radical (unpaired) electrons. The molecule has 15 heavy (non-hydrogen) atoms. The fraction of sp³-hybridized carbons (Fsp3) is 0.333. The number of aryl methyl sites for hydroxylation is 1. The maximum absolute atomic E-state index is 5.91. The van der Waals surface area contributed by atoms with Crippen LogP contribution in [-0.4, -0.2) is 14.8 Å². The molecular formula is C9H11ClN4S. The van der Waals surface area contributed by atoms with Crippen LogP contribution in [0.5, 0.6) is 0 Å². The summed E-state index contributed by atoms with van der Waals surface area (Å²) in [5, 5.41) is 7.88. The Morgan fingerprint density at radius 2 is 2.40 bits per heavy atom. The van der Waals surface area contributed by atoms with Crippen LogP contribution in [0.2, 0.25) is 5.02 Å². The van der Waals surface area contributed by atoms with Crippen molar-refractivity contribution in [2.24, 2.45) is 5.73 Å². The van der Waals surface area contributed by atoms with E-state index in [0.29, 0.717) is 18.1 Å². The molecule has 0 amide bonds. The molecule has 2 aromatic heterocycles. The van der Waals surface area contributed by atoms with Crippen LogP contribution in [0.4, 0.5) is 0 Å². The number of halogens is 1.